The number of ether oxygens (including phenoxy) is 1. The summed E-state index contributed by atoms with van der Waals surface area (Å²) in [5.74, 6) is 0. The molecular formula is C25H36N2O. The molecule has 0 aliphatic carbocycles. The smallest absolute Gasteiger partial charge is 0.0735 e. The molecule has 2 aromatic rings. The molecule has 0 bridgehead atoms. The van der Waals surface area contributed by atoms with Gasteiger partial charge in [0.2, 0.25) is 0 Å². The van der Waals surface area contributed by atoms with Gasteiger partial charge in [-0.2, -0.15) is 0 Å². The number of hydrogen-bond acceptors (Lipinski definition) is 3. The van der Waals surface area contributed by atoms with Crippen molar-refractivity contribution in [1.82, 2.24) is 9.80 Å². The first-order valence-electron chi connectivity index (χ1n) is 10.7. The summed E-state index contributed by atoms with van der Waals surface area (Å²) >= 11 is 0. The van der Waals surface area contributed by atoms with E-state index in [1.54, 1.807) is 0 Å². The molecule has 152 valence electrons. The molecule has 0 amide bonds. The van der Waals surface area contributed by atoms with Crippen LogP contribution < -0.4 is 0 Å². The normalized spacial score (nSPS) is 21.0. The standard InChI is InChI=1S/C25H36N2O/c1-26(2)17-10-20-28-25(21-23-11-5-3-6-12-23)15-9-18-27(19-16-25)22-24-13-7-4-8-14-24/h3-8,11-14H,9-10,15-22H2,1-2H3. The van der Waals surface area contributed by atoms with Crippen LogP contribution in [0.1, 0.15) is 36.8 Å². The highest BCUT2D eigenvalue weighted by Gasteiger charge is 2.33. The topological polar surface area (TPSA) is 15.7 Å². The van der Waals surface area contributed by atoms with Crippen LogP contribution in [-0.2, 0) is 17.7 Å². The van der Waals surface area contributed by atoms with Gasteiger partial charge in [0.05, 0.1) is 5.60 Å². The van der Waals surface area contributed by atoms with Crippen LogP contribution in [0.15, 0.2) is 60.7 Å². The lowest BCUT2D eigenvalue weighted by atomic mass is 9.87. The molecule has 1 unspecified atom stereocenters. The molecular weight excluding hydrogens is 344 g/mol. The molecule has 0 spiro atoms. The molecule has 3 nitrogen and oxygen atoms in total. The van der Waals surface area contributed by atoms with Gasteiger partial charge >= 0.3 is 0 Å². The van der Waals surface area contributed by atoms with Crippen LogP contribution in [-0.4, -0.2) is 55.7 Å². The predicted octanol–water partition coefficient (Wildman–Crippen LogP) is 4.62. The van der Waals surface area contributed by atoms with Gasteiger partial charge in [-0.25, -0.2) is 0 Å². The fourth-order valence-corrected chi connectivity index (χ4v) is 4.23. The molecule has 0 radical (unpaired) electrons. The number of rotatable bonds is 9. The summed E-state index contributed by atoms with van der Waals surface area (Å²) in [5.41, 5.74) is 2.77. The fraction of sp³-hybridized carbons (Fsp3) is 0.520. The minimum Gasteiger partial charge on any atom is -0.375 e. The highest BCUT2D eigenvalue weighted by atomic mass is 16.5. The molecule has 0 aromatic heterocycles. The van der Waals surface area contributed by atoms with Gasteiger partial charge in [0.15, 0.2) is 0 Å². The van der Waals surface area contributed by atoms with Crippen molar-refractivity contribution in [3.8, 4) is 0 Å². The lowest BCUT2D eigenvalue weighted by molar-refractivity contribution is -0.0574. The first kappa shape index (κ1) is 21.0. The maximum atomic E-state index is 6.65. The first-order valence-corrected chi connectivity index (χ1v) is 10.7. The van der Waals surface area contributed by atoms with Crippen LogP contribution in [0.4, 0.5) is 0 Å². The van der Waals surface area contributed by atoms with Gasteiger partial charge < -0.3 is 9.64 Å². The minimum absolute atomic E-state index is 0.0287. The van der Waals surface area contributed by atoms with E-state index in [9.17, 15) is 0 Å². The van der Waals surface area contributed by atoms with Gasteiger partial charge in [-0.15, -0.1) is 0 Å². The van der Waals surface area contributed by atoms with E-state index in [2.05, 4.69) is 84.6 Å². The average Bonchev–Trinajstić information content (AvgIpc) is 2.89. The van der Waals surface area contributed by atoms with E-state index in [0.29, 0.717) is 0 Å². The van der Waals surface area contributed by atoms with Crippen molar-refractivity contribution in [2.45, 2.75) is 44.2 Å². The Hall–Kier alpha value is -1.68. The number of likely N-dealkylation sites (tertiary alicyclic amines) is 1. The maximum absolute atomic E-state index is 6.65. The monoisotopic (exact) mass is 380 g/mol. The van der Waals surface area contributed by atoms with Crippen molar-refractivity contribution < 1.29 is 4.74 Å². The summed E-state index contributed by atoms with van der Waals surface area (Å²) in [6.45, 7) is 5.25. The first-order chi connectivity index (χ1) is 13.7. The Bertz CT molecular complexity index is 673. The second kappa shape index (κ2) is 10.8. The molecule has 1 atom stereocenters. The summed E-state index contributed by atoms with van der Waals surface area (Å²) in [6, 6.07) is 21.7. The van der Waals surface area contributed by atoms with Crippen LogP contribution in [0, 0.1) is 0 Å². The molecule has 1 saturated heterocycles. The van der Waals surface area contributed by atoms with Gasteiger partial charge in [-0.1, -0.05) is 60.7 Å². The molecule has 0 N–H and O–H groups in total. The van der Waals surface area contributed by atoms with Gasteiger partial charge in [0.25, 0.3) is 0 Å². The largest absolute Gasteiger partial charge is 0.375 e. The van der Waals surface area contributed by atoms with Crippen molar-refractivity contribution in [2.75, 3.05) is 40.3 Å². The number of hydrogen-bond donors (Lipinski definition) is 0. The van der Waals surface area contributed by atoms with E-state index in [0.717, 1.165) is 58.5 Å². The third kappa shape index (κ3) is 6.73. The Balaban J connectivity index is 1.64. The number of nitrogens with zero attached hydrogens (tertiary/aromatic N) is 2. The summed E-state index contributed by atoms with van der Waals surface area (Å²) in [4.78, 5) is 4.84. The van der Waals surface area contributed by atoms with Crippen molar-refractivity contribution in [1.29, 1.82) is 0 Å². The van der Waals surface area contributed by atoms with E-state index in [1.807, 2.05) is 0 Å². The van der Waals surface area contributed by atoms with E-state index in [-0.39, 0.29) is 5.60 Å². The van der Waals surface area contributed by atoms with Gasteiger partial charge in [0.1, 0.15) is 0 Å². The molecule has 1 aliphatic rings. The zero-order chi connectivity index (χ0) is 19.7. The molecule has 2 aromatic carbocycles. The Kier molecular flexibility index (Phi) is 8.08. The summed E-state index contributed by atoms with van der Waals surface area (Å²) in [7, 11) is 4.26. The van der Waals surface area contributed by atoms with Crippen LogP contribution in [0.3, 0.4) is 0 Å². The zero-order valence-corrected chi connectivity index (χ0v) is 17.6. The predicted molar refractivity (Wildman–Crippen MR) is 118 cm³/mol. The third-order valence-electron chi connectivity index (χ3n) is 5.77. The van der Waals surface area contributed by atoms with E-state index in [4.69, 9.17) is 4.74 Å². The van der Waals surface area contributed by atoms with E-state index in [1.165, 1.54) is 17.5 Å². The second-order valence-corrected chi connectivity index (χ2v) is 8.47. The molecule has 3 rings (SSSR count). The quantitative estimate of drug-likeness (QED) is 0.590. The van der Waals surface area contributed by atoms with Crippen molar-refractivity contribution >= 4 is 0 Å². The third-order valence-corrected chi connectivity index (χ3v) is 5.77. The van der Waals surface area contributed by atoms with Crippen LogP contribution >= 0.6 is 0 Å². The average molecular weight is 381 g/mol. The Morgan fingerprint density at radius 3 is 2.25 bits per heavy atom. The number of benzene rings is 2. The fourth-order valence-electron chi connectivity index (χ4n) is 4.23. The van der Waals surface area contributed by atoms with Gasteiger partial charge in [-0.05, 0) is 64.0 Å². The summed E-state index contributed by atoms with van der Waals surface area (Å²) in [6.07, 6.45) is 5.57. The van der Waals surface area contributed by atoms with Gasteiger partial charge in [-0.3, -0.25) is 4.90 Å². The Morgan fingerprint density at radius 2 is 1.57 bits per heavy atom. The minimum atomic E-state index is -0.0287. The molecule has 1 heterocycles. The van der Waals surface area contributed by atoms with Gasteiger partial charge in [0, 0.05) is 26.1 Å². The van der Waals surface area contributed by atoms with Crippen molar-refractivity contribution in [2.24, 2.45) is 0 Å². The van der Waals surface area contributed by atoms with Crippen molar-refractivity contribution in [3.63, 3.8) is 0 Å². The van der Waals surface area contributed by atoms with Crippen molar-refractivity contribution in [3.05, 3.63) is 71.8 Å². The molecule has 1 aliphatic heterocycles. The SMILES string of the molecule is CN(C)CCCOC1(Cc2ccccc2)CCCN(Cc2ccccc2)CC1. The second-order valence-electron chi connectivity index (χ2n) is 8.47. The highest BCUT2D eigenvalue weighted by molar-refractivity contribution is 5.18. The maximum Gasteiger partial charge on any atom is 0.0735 e. The lowest BCUT2D eigenvalue weighted by Gasteiger charge is -2.34. The Morgan fingerprint density at radius 1 is 0.893 bits per heavy atom. The highest BCUT2D eigenvalue weighted by Crippen LogP contribution is 2.31. The molecule has 1 fully saturated rings. The zero-order valence-electron chi connectivity index (χ0n) is 17.6. The summed E-state index contributed by atoms with van der Waals surface area (Å²) in [5, 5.41) is 0. The summed E-state index contributed by atoms with van der Waals surface area (Å²) < 4.78 is 6.65. The molecule has 0 saturated carbocycles. The Labute approximate surface area is 171 Å². The van der Waals surface area contributed by atoms with Crippen LogP contribution in [0.2, 0.25) is 0 Å². The molecule has 28 heavy (non-hydrogen) atoms. The van der Waals surface area contributed by atoms with E-state index < -0.39 is 0 Å². The lowest BCUT2D eigenvalue weighted by Crippen LogP contribution is -2.37. The molecule has 3 heteroatoms. The van der Waals surface area contributed by atoms with Crippen LogP contribution in [0.25, 0.3) is 0 Å². The van der Waals surface area contributed by atoms with E-state index >= 15 is 0 Å². The van der Waals surface area contributed by atoms with Crippen LogP contribution in [0.5, 0.6) is 0 Å².